The third-order valence-electron chi connectivity index (χ3n) is 3.03. The van der Waals surface area contributed by atoms with Crippen LogP contribution in [0.3, 0.4) is 0 Å². The first-order valence-corrected chi connectivity index (χ1v) is 7.18. The average Bonchev–Trinajstić information content (AvgIpc) is 3.08. The predicted molar refractivity (Wildman–Crippen MR) is 77.5 cm³/mol. The maximum atomic E-state index is 5.34. The molecule has 3 aromatic heterocycles. The van der Waals surface area contributed by atoms with Crippen molar-refractivity contribution in [3.05, 3.63) is 41.9 Å². The molecule has 0 bridgehead atoms. The summed E-state index contributed by atoms with van der Waals surface area (Å²) in [5.41, 5.74) is 1.00. The predicted octanol–water partition coefficient (Wildman–Crippen LogP) is 3.72. The maximum Gasteiger partial charge on any atom is 0.147 e. The van der Waals surface area contributed by atoms with Crippen LogP contribution in [0.5, 0.6) is 0 Å². The maximum absolute atomic E-state index is 5.34. The Labute approximate surface area is 115 Å². The molecule has 0 aliphatic rings. The highest BCUT2D eigenvalue weighted by atomic mass is 32.1. The molecule has 0 fully saturated rings. The minimum Gasteiger partial charge on any atom is -0.469 e. The summed E-state index contributed by atoms with van der Waals surface area (Å²) < 4.78 is 6.46. The quantitative estimate of drug-likeness (QED) is 0.769. The van der Waals surface area contributed by atoms with Crippen molar-refractivity contribution in [3.8, 4) is 0 Å². The van der Waals surface area contributed by atoms with Crippen LogP contribution in [-0.2, 0) is 6.42 Å². The van der Waals surface area contributed by atoms with Crippen molar-refractivity contribution < 1.29 is 4.42 Å². The summed E-state index contributed by atoms with van der Waals surface area (Å²) in [5, 5.41) is 5.49. The fraction of sp³-hybridized carbons (Fsp3) is 0.286. The van der Waals surface area contributed by atoms with Crippen LogP contribution in [0.1, 0.15) is 19.1 Å². The Hall–Kier alpha value is -1.88. The van der Waals surface area contributed by atoms with E-state index in [1.807, 2.05) is 23.6 Å². The molecule has 0 saturated heterocycles. The van der Waals surface area contributed by atoms with E-state index >= 15 is 0 Å². The molecule has 0 aliphatic heterocycles. The first-order chi connectivity index (χ1) is 9.33. The van der Waals surface area contributed by atoms with Gasteiger partial charge < -0.3 is 9.73 Å². The number of rotatable bonds is 5. The van der Waals surface area contributed by atoms with Gasteiger partial charge in [-0.3, -0.25) is 0 Å². The Balaban J connectivity index is 1.65. The Bertz CT molecular complexity index is 648. The minimum absolute atomic E-state index is 0.338. The van der Waals surface area contributed by atoms with Crippen LogP contribution in [-0.4, -0.2) is 16.0 Å². The van der Waals surface area contributed by atoms with Crippen molar-refractivity contribution in [1.82, 2.24) is 9.97 Å². The summed E-state index contributed by atoms with van der Waals surface area (Å²) in [5.74, 6) is 1.95. The zero-order valence-corrected chi connectivity index (χ0v) is 11.5. The summed E-state index contributed by atoms with van der Waals surface area (Å²) >= 11 is 1.67. The van der Waals surface area contributed by atoms with E-state index in [0.29, 0.717) is 6.04 Å². The zero-order chi connectivity index (χ0) is 13.1. The molecule has 5 heteroatoms. The summed E-state index contributed by atoms with van der Waals surface area (Å²) in [6.07, 6.45) is 5.26. The van der Waals surface area contributed by atoms with E-state index in [4.69, 9.17) is 4.42 Å². The molecule has 98 valence electrons. The highest BCUT2D eigenvalue weighted by molar-refractivity contribution is 7.17. The fourth-order valence-electron chi connectivity index (χ4n) is 2.01. The SMILES string of the molecule is CC(CCc1ccco1)Nc1ncnc2ccsc12. The number of thiophene rings is 1. The molecule has 19 heavy (non-hydrogen) atoms. The van der Waals surface area contributed by atoms with E-state index in [9.17, 15) is 0 Å². The van der Waals surface area contributed by atoms with Crippen LogP contribution in [0.4, 0.5) is 5.82 Å². The summed E-state index contributed by atoms with van der Waals surface area (Å²) in [7, 11) is 0. The smallest absolute Gasteiger partial charge is 0.147 e. The normalized spacial score (nSPS) is 12.7. The third-order valence-corrected chi connectivity index (χ3v) is 3.94. The van der Waals surface area contributed by atoms with Gasteiger partial charge in [0, 0.05) is 12.5 Å². The van der Waals surface area contributed by atoms with Crippen LogP contribution in [0.15, 0.2) is 40.6 Å². The van der Waals surface area contributed by atoms with E-state index < -0.39 is 0 Å². The minimum atomic E-state index is 0.338. The monoisotopic (exact) mass is 273 g/mol. The van der Waals surface area contributed by atoms with Gasteiger partial charge in [0.1, 0.15) is 17.9 Å². The molecular weight excluding hydrogens is 258 g/mol. The second-order valence-corrected chi connectivity index (χ2v) is 5.44. The van der Waals surface area contributed by atoms with Gasteiger partial charge in [-0.1, -0.05) is 0 Å². The van der Waals surface area contributed by atoms with E-state index in [2.05, 4.69) is 22.2 Å². The molecule has 3 aromatic rings. The molecule has 0 aliphatic carbocycles. The van der Waals surface area contributed by atoms with E-state index in [-0.39, 0.29) is 0 Å². The van der Waals surface area contributed by atoms with E-state index in [1.54, 1.807) is 23.9 Å². The Morgan fingerprint density at radius 2 is 2.32 bits per heavy atom. The highest BCUT2D eigenvalue weighted by Crippen LogP contribution is 2.25. The van der Waals surface area contributed by atoms with Crippen LogP contribution < -0.4 is 5.32 Å². The number of nitrogens with one attached hydrogen (secondary N) is 1. The molecule has 3 heterocycles. The van der Waals surface area contributed by atoms with Gasteiger partial charge in [-0.25, -0.2) is 9.97 Å². The lowest BCUT2D eigenvalue weighted by atomic mass is 10.1. The molecule has 1 atom stereocenters. The van der Waals surface area contributed by atoms with Crippen molar-refractivity contribution in [2.45, 2.75) is 25.8 Å². The molecule has 0 aromatic carbocycles. The molecule has 0 amide bonds. The number of aryl methyl sites for hydroxylation is 1. The standard InChI is InChI=1S/C14H15N3OS/c1-10(4-5-11-3-2-7-18-11)17-14-13-12(6-8-19-13)15-9-16-14/h2-3,6-10H,4-5H2,1H3,(H,15,16,17). The van der Waals surface area contributed by atoms with Gasteiger partial charge in [0.2, 0.25) is 0 Å². The first kappa shape index (κ1) is 12.2. The van der Waals surface area contributed by atoms with Gasteiger partial charge in [-0.2, -0.15) is 0 Å². The molecule has 0 saturated carbocycles. The average molecular weight is 273 g/mol. The molecule has 0 spiro atoms. The van der Waals surface area contributed by atoms with Crippen LogP contribution in [0, 0.1) is 0 Å². The summed E-state index contributed by atoms with van der Waals surface area (Å²) in [6, 6.07) is 6.28. The topological polar surface area (TPSA) is 51.0 Å². The van der Waals surface area contributed by atoms with Crippen LogP contribution >= 0.6 is 11.3 Å². The number of furan rings is 1. The Morgan fingerprint density at radius 3 is 3.16 bits per heavy atom. The summed E-state index contributed by atoms with van der Waals surface area (Å²) in [4.78, 5) is 8.57. The van der Waals surface area contributed by atoms with Gasteiger partial charge in [-0.15, -0.1) is 11.3 Å². The van der Waals surface area contributed by atoms with Gasteiger partial charge >= 0.3 is 0 Å². The Kier molecular flexibility index (Phi) is 3.46. The van der Waals surface area contributed by atoms with Crippen molar-refractivity contribution >= 4 is 27.4 Å². The lowest BCUT2D eigenvalue weighted by molar-refractivity contribution is 0.495. The lowest BCUT2D eigenvalue weighted by Gasteiger charge is -2.14. The third kappa shape index (κ3) is 2.76. The van der Waals surface area contributed by atoms with Gasteiger partial charge in [0.05, 0.1) is 16.5 Å². The lowest BCUT2D eigenvalue weighted by Crippen LogP contribution is -2.16. The van der Waals surface area contributed by atoms with E-state index in [0.717, 1.165) is 34.6 Å². The van der Waals surface area contributed by atoms with Crippen molar-refractivity contribution in [2.75, 3.05) is 5.32 Å². The number of nitrogens with zero attached hydrogens (tertiary/aromatic N) is 2. The van der Waals surface area contributed by atoms with Gasteiger partial charge in [-0.05, 0) is 36.9 Å². The number of aromatic nitrogens is 2. The highest BCUT2D eigenvalue weighted by Gasteiger charge is 2.09. The number of fused-ring (bicyclic) bond motifs is 1. The van der Waals surface area contributed by atoms with Gasteiger partial charge in [0.15, 0.2) is 0 Å². The second kappa shape index (κ2) is 5.40. The fourth-order valence-corrected chi connectivity index (χ4v) is 2.81. The molecule has 1 unspecified atom stereocenters. The van der Waals surface area contributed by atoms with Crippen molar-refractivity contribution in [1.29, 1.82) is 0 Å². The number of hydrogen-bond donors (Lipinski definition) is 1. The molecule has 3 rings (SSSR count). The molecule has 4 nitrogen and oxygen atoms in total. The second-order valence-electron chi connectivity index (χ2n) is 4.52. The number of hydrogen-bond acceptors (Lipinski definition) is 5. The molecule has 0 radical (unpaired) electrons. The first-order valence-electron chi connectivity index (χ1n) is 6.30. The van der Waals surface area contributed by atoms with Crippen molar-refractivity contribution in [3.63, 3.8) is 0 Å². The van der Waals surface area contributed by atoms with E-state index in [1.165, 1.54) is 0 Å². The molecular formula is C14H15N3OS. The molecule has 1 N–H and O–H groups in total. The summed E-state index contributed by atoms with van der Waals surface area (Å²) in [6.45, 7) is 2.16. The largest absolute Gasteiger partial charge is 0.469 e. The van der Waals surface area contributed by atoms with Crippen LogP contribution in [0.25, 0.3) is 10.2 Å². The zero-order valence-electron chi connectivity index (χ0n) is 10.7. The van der Waals surface area contributed by atoms with Gasteiger partial charge in [0.25, 0.3) is 0 Å². The Morgan fingerprint density at radius 1 is 1.37 bits per heavy atom. The van der Waals surface area contributed by atoms with Crippen molar-refractivity contribution in [2.24, 2.45) is 0 Å². The number of anilines is 1. The van der Waals surface area contributed by atoms with Crippen LogP contribution in [0.2, 0.25) is 0 Å².